The number of rotatable bonds is 3. The second-order valence-electron chi connectivity index (χ2n) is 5.22. The SMILES string of the molecule is Cc1ccc(N(C)CC2CCCN2C)c(N)c1. The fourth-order valence-electron chi connectivity index (χ4n) is 2.65. The Morgan fingerprint density at radius 3 is 2.82 bits per heavy atom. The topological polar surface area (TPSA) is 32.5 Å². The molecular weight excluding hydrogens is 210 g/mol. The molecule has 1 fully saturated rings. The van der Waals surface area contributed by atoms with E-state index in [0.717, 1.165) is 17.9 Å². The highest BCUT2D eigenvalue weighted by molar-refractivity contribution is 5.68. The molecule has 0 radical (unpaired) electrons. The summed E-state index contributed by atoms with van der Waals surface area (Å²) in [6, 6.07) is 6.96. The van der Waals surface area contributed by atoms with Crippen LogP contribution in [0.4, 0.5) is 11.4 Å². The van der Waals surface area contributed by atoms with E-state index >= 15 is 0 Å². The van der Waals surface area contributed by atoms with Gasteiger partial charge in [0.15, 0.2) is 0 Å². The molecule has 2 N–H and O–H groups in total. The summed E-state index contributed by atoms with van der Waals surface area (Å²) in [4.78, 5) is 4.72. The normalized spacial score (nSPS) is 20.8. The molecule has 1 aliphatic heterocycles. The summed E-state index contributed by atoms with van der Waals surface area (Å²) in [6.07, 6.45) is 2.62. The third-order valence-electron chi connectivity index (χ3n) is 3.75. The van der Waals surface area contributed by atoms with Crippen molar-refractivity contribution >= 4 is 11.4 Å². The second kappa shape index (κ2) is 4.96. The van der Waals surface area contributed by atoms with Gasteiger partial charge < -0.3 is 15.5 Å². The van der Waals surface area contributed by atoms with E-state index in [-0.39, 0.29) is 0 Å². The standard InChI is InChI=1S/C14H23N3/c1-11-6-7-14(13(15)9-11)17(3)10-12-5-4-8-16(12)2/h6-7,9,12H,4-5,8,10,15H2,1-3H3. The number of likely N-dealkylation sites (tertiary alicyclic amines) is 1. The van der Waals surface area contributed by atoms with Gasteiger partial charge in [0, 0.05) is 19.6 Å². The van der Waals surface area contributed by atoms with E-state index < -0.39 is 0 Å². The molecule has 94 valence electrons. The molecule has 0 spiro atoms. The number of hydrogen-bond donors (Lipinski definition) is 1. The largest absolute Gasteiger partial charge is 0.397 e. The van der Waals surface area contributed by atoms with Crippen LogP contribution < -0.4 is 10.6 Å². The zero-order valence-electron chi connectivity index (χ0n) is 11.1. The number of anilines is 2. The fraction of sp³-hybridized carbons (Fsp3) is 0.571. The lowest BCUT2D eigenvalue weighted by Crippen LogP contribution is -2.36. The number of likely N-dealkylation sites (N-methyl/N-ethyl adjacent to an activating group) is 2. The van der Waals surface area contributed by atoms with Gasteiger partial charge in [0.2, 0.25) is 0 Å². The van der Waals surface area contributed by atoms with Gasteiger partial charge in [0.05, 0.1) is 11.4 Å². The number of hydrogen-bond acceptors (Lipinski definition) is 3. The molecule has 0 saturated carbocycles. The van der Waals surface area contributed by atoms with Crippen LogP contribution in [-0.2, 0) is 0 Å². The van der Waals surface area contributed by atoms with Gasteiger partial charge in [-0.15, -0.1) is 0 Å². The molecule has 1 heterocycles. The van der Waals surface area contributed by atoms with Gasteiger partial charge in [-0.3, -0.25) is 0 Å². The minimum Gasteiger partial charge on any atom is -0.397 e. The molecule has 1 saturated heterocycles. The van der Waals surface area contributed by atoms with Crippen LogP contribution >= 0.6 is 0 Å². The Labute approximate surface area is 104 Å². The lowest BCUT2D eigenvalue weighted by atomic mass is 10.1. The summed E-state index contributed by atoms with van der Waals surface area (Å²) >= 11 is 0. The van der Waals surface area contributed by atoms with E-state index in [1.807, 2.05) is 6.07 Å². The van der Waals surface area contributed by atoms with Gasteiger partial charge in [-0.05, 0) is 51.1 Å². The Kier molecular flexibility index (Phi) is 3.57. The number of aryl methyl sites for hydroxylation is 1. The maximum absolute atomic E-state index is 6.08. The van der Waals surface area contributed by atoms with Crippen LogP contribution in [0, 0.1) is 6.92 Å². The number of nitrogen functional groups attached to an aromatic ring is 1. The third-order valence-corrected chi connectivity index (χ3v) is 3.75. The van der Waals surface area contributed by atoms with E-state index in [0.29, 0.717) is 6.04 Å². The molecule has 1 aliphatic rings. The molecular formula is C14H23N3. The molecule has 0 bridgehead atoms. The molecule has 0 aromatic heterocycles. The van der Waals surface area contributed by atoms with E-state index in [4.69, 9.17) is 5.73 Å². The van der Waals surface area contributed by atoms with Gasteiger partial charge in [0.25, 0.3) is 0 Å². The smallest absolute Gasteiger partial charge is 0.0598 e. The quantitative estimate of drug-likeness (QED) is 0.812. The minimum atomic E-state index is 0.667. The van der Waals surface area contributed by atoms with Gasteiger partial charge in [-0.1, -0.05) is 6.07 Å². The van der Waals surface area contributed by atoms with Gasteiger partial charge in [-0.2, -0.15) is 0 Å². The van der Waals surface area contributed by atoms with Crippen molar-refractivity contribution in [3.63, 3.8) is 0 Å². The first-order valence-corrected chi connectivity index (χ1v) is 6.35. The molecule has 0 aliphatic carbocycles. The van der Waals surface area contributed by atoms with Crippen molar-refractivity contribution in [2.24, 2.45) is 0 Å². The van der Waals surface area contributed by atoms with E-state index in [2.05, 4.69) is 43.0 Å². The third kappa shape index (κ3) is 2.72. The Bertz CT molecular complexity index is 389. The van der Waals surface area contributed by atoms with Crippen molar-refractivity contribution in [1.29, 1.82) is 0 Å². The summed E-state index contributed by atoms with van der Waals surface area (Å²) in [5, 5.41) is 0. The van der Waals surface area contributed by atoms with Crippen LogP contribution in [0.2, 0.25) is 0 Å². The average molecular weight is 233 g/mol. The van der Waals surface area contributed by atoms with E-state index in [9.17, 15) is 0 Å². The highest BCUT2D eigenvalue weighted by Crippen LogP contribution is 2.25. The van der Waals surface area contributed by atoms with Crippen LogP contribution in [0.25, 0.3) is 0 Å². The summed E-state index contributed by atoms with van der Waals surface area (Å²) in [6.45, 7) is 4.36. The van der Waals surface area contributed by atoms with Crippen molar-refractivity contribution in [3.8, 4) is 0 Å². The van der Waals surface area contributed by atoms with Crippen molar-refractivity contribution in [2.75, 3.05) is 37.8 Å². The van der Waals surface area contributed by atoms with Crippen LogP contribution in [0.5, 0.6) is 0 Å². The highest BCUT2D eigenvalue weighted by atomic mass is 15.2. The predicted molar refractivity (Wildman–Crippen MR) is 74.5 cm³/mol. The summed E-state index contributed by atoms with van der Waals surface area (Å²) < 4.78 is 0. The number of benzene rings is 1. The first-order valence-electron chi connectivity index (χ1n) is 6.35. The van der Waals surface area contributed by atoms with Crippen LogP contribution in [0.1, 0.15) is 18.4 Å². The zero-order chi connectivity index (χ0) is 12.4. The molecule has 1 unspecified atom stereocenters. The molecule has 1 aromatic rings. The molecule has 17 heavy (non-hydrogen) atoms. The van der Waals surface area contributed by atoms with Gasteiger partial charge >= 0.3 is 0 Å². The summed E-state index contributed by atoms with van der Waals surface area (Å²) in [5.74, 6) is 0. The Morgan fingerprint density at radius 2 is 2.24 bits per heavy atom. The minimum absolute atomic E-state index is 0.667. The molecule has 0 amide bonds. The number of nitrogens with two attached hydrogens (primary N) is 1. The Balaban J connectivity index is 2.06. The van der Waals surface area contributed by atoms with Crippen molar-refractivity contribution in [2.45, 2.75) is 25.8 Å². The molecule has 2 rings (SSSR count). The lowest BCUT2D eigenvalue weighted by molar-refractivity contribution is 0.314. The van der Waals surface area contributed by atoms with Crippen LogP contribution in [0.15, 0.2) is 18.2 Å². The number of nitrogens with zero attached hydrogens (tertiary/aromatic N) is 2. The average Bonchev–Trinajstić information content (AvgIpc) is 2.64. The Morgan fingerprint density at radius 1 is 1.47 bits per heavy atom. The highest BCUT2D eigenvalue weighted by Gasteiger charge is 2.22. The molecule has 3 nitrogen and oxygen atoms in total. The maximum atomic E-state index is 6.08. The second-order valence-corrected chi connectivity index (χ2v) is 5.22. The van der Waals surface area contributed by atoms with Crippen LogP contribution in [-0.4, -0.2) is 38.1 Å². The summed E-state index contributed by atoms with van der Waals surface area (Å²) in [7, 11) is 4.34. The monoisotopic (exact) mass is 233 g/mol. The zero-order valence-corrected chi connectivity index (χ0v) is 11.1. The van der Waals surface area contributed by atoms with Crippen molar-refractivity contribution in [1.82, 2.24) is 4.90 Å². The van der Waals surface area contributed by atoms with E-state index in [1.54, 1.807) is 0 Å². The lowest BCUT2D eigenvalue weighted by Gasteiger charge is -2.28. The van der Waals surface area contributed by atoms with Gasteiger partial charge in [0.1, 0.15) is 0 Å². The van der Waals surface area contributed by atoms with Gasteiger partial charge in [-0.25, -0.2) is 0 Å². The molecule has 3 heteroatoms. The first-order chi connectivity index (χ1) is 8.08. The van der Waals surface area contributed by atoms with E-state index in [1.165, 1.54) is 24.9 Å². The first kappa shape index (κ1) is 12.2. The molecule has 1 aromatic carbocycles. The van der Waals surface area contributed by atoms with Crippen molar-refractivity contribution < 1.29 is 0 Å². The Hall–Kier alpha value is -1.22. The van der Waals surface area contributed by atoms with Crippen molar-refractivity contribution in [3.05, 3.63) is 23.8 Å². The van der Waals surface area contributed by atoms with Crippen LogP contribution in [0.3, 0.4) is 0 Å². The fourth-order valence-corrected chi connectivity index (χ4v) is 2.65. The maximum Gasteiger partial charge on any atom is 0.0598 e. The summed E-state index contributed by atoms with van der Waals surface area (Å²) in [5.41, 5.74) is 9.33. The predicted octanol–water partition coefficient (Wildman–Crippen LogP) is 2.11. The molecule has 1 atom stereocenters.